The number of benzene rings is 2. The molecule has 0 aliphatic carbocycles. The van der Waals surface area contributed by atoms with Crippen molar-refractivity contribution in [2.24, 2.45) is 5.92 Å². The maximum absolute atomic E-state index is 14.5. The van der Waals surface area contributed by atoms with Crippen molar-refractivity contribution in [3.05, 3.63) is 89.2 Å². The van der Waals surface area contributed by atoms with Crippen LogP contribution in [0, 0.1) is 5.92 Å². The van der Waals surface area contributed by atoms with Crippen LogP contribution in [-0.4, -0.2) is 28.3 Å². The van der Waals surface area contributed by atoms with E-state index in [2.05, 4.69) is 10.3 Å². The SMILES string of the molecule is CC(C)(C)NC(=O)[C@@]1(c2ccncc2)[C@@H]2c3cc(Cl)ccc3OC(=O)[C@H]2C(=O)N1c1ccccc1. The van der Waals surface area contributed by atoms with Crippen molar-refractivity contribution in [2.75, 3.05) is 4.90 Å². The summed E-state index contributed by atoms with van der Waals surface area (Å²) in [6.07, 6.45) is 3.14. The first kappa shape index (κ1) is 23.1. The number of esters is 1. The van der Waals surface area contributed by atoms with Gasteiger partial charge in [0, 0.05) is 40.1 Å². The maximum Gasteiger partial charge on any atom is 0.324 e. The molecule has 0 unspecified atom stereocenters. The molecule has 1 fully saturated rings. The van der Waals surface area contributed by atoms with Gasteiger partial charge in [0.15, 0.2) is 5.54 Å². The van der Waals surface area contributed by atoms with E-state index < -0.39 is 40.7 Å². The molecule has 0 saturated carbocycles. The lowest BCUT2D eigenvalue weighted by molar-refractivity contribution is -0.144. The highest BCUT2D eigenvalue weighted by atomic mass is 35.5. The summed E-state index contributed by atoms with van der Waals surface area (Å²) in [5.41, 5.74) is -0.691. The quantitative estimate of drug-likeness (QED) is 0.338. The molecular formula is C27H24ClN3O4. The molecular weight excluding hydrogens is 466 g/mol. The van der Waals surface area contributed by atoms with E-state index in [-0.39, 0.29) is 5.75 Å². The molecule has 1 saturated heterocycles. The van der Waals surface area contributed by atoms with Crippen molar-refractivity contribution < 1.29 is 19.1 Å². The number of nitrogens with one attached hydrogen (secondary N) is 1. The summed E-state index contributed by atoms with van der Waals surface area (Å²) in [4.78, 5) is 47.4. The standard InChI is InChI=1S/C27H24ClN3O4/c1-26(2,3)30-25(34)27(16-11-13-29-14-12-16)22-19-15-17(28)9-10-20(19)35-24(33)21(22)23(32)31(27)18-7-5-4-6-8-18/h4-15,21-22H,1-3H3,(H,30,34)/t21-,22-,27-/m1/s1. The Kier molecular flexibility index (Phi) is 5.40. The number of hydrogen-bond acceptors (Lipinski definition) is 5. The number of carbonyl (C=O) groups excluding carboxylic acids is 3. The molecule has 8 heteroatoms. The topological polar surface area (TPSA) is 88.6 Å². The van der Waals surface area contributed by atoms with Crippen LogP contribution in [0.2, 0.25) is 5.02 Å². The van der Waals surface area contributed by atoms with Gasteiger partial charge in [0.05, 0.1) is 0 Å². The number of fused-ring (bicyclic) bond motifs is 3. The van der Waals surface area contributed by atoms with E-state index >= 15 is 0 Å². The van der Waals surface area contributed by atoms with Crippen LogP contribution in [0.1, 0.15) is 37.8 Å². The van der Waals surface area contributed by atoms with E-state index in [1.807, 2.05) is 26.8 Å². The van der Waals surface area contributed by atoms with Gasteiger partial charge in [-0.25, -0.2) is 0 Å². The van der Waals surface area contributed by atoms with Crippen molar-refractivity contribution in [1.29, 1.82) is 0 Å². The van der Waals surface area contributed by atoms with Gasteiger partial charge in [0.25, 0.3) is 5.91 Å². The van der Waals surface area contributed by atoms with Crippen LogP contribution >= 0.6 is 11.6 Å². The summed E-state index contributed by atoms with van der Waals surface area (Å²) in [5, 5.41) is 3.48. The number of halogens is 1. The molecule has 2 aliphatic rings. The Morgan fingerprint density at radius 1 is 1.06 bits per heavy atom. The molecule has 178 valence electrons. The number of carbonyl (C=O) groups is 3. The van der Waals surface area contributed by atoms with Crippen LogP contribution in [0.25, 0.3) is 0 Å². The van der Waals surface area contributed by atoms with E-state index in [1.165, 1.54) is 4.90 Å². The second kappa shape index (κ2) is 8.20. The number of nitrogens with zero attached hydrogens (tertiary/aromatic N) is 2. The smallest absolute Gasteiger partial charge is 0.324 e. The van der Waals surface area contributed by atoms with Gasteiger partial charge in [-0.15, -0.1) is 0 Å². The van der Waals surface area contributed by atoms with Crippen molar-refractivity contribution in [3.63, 3.8) is 0 Å². The molecule has 3 heterocycles. The molecule has 3 atom stereocenters. The summed E-state index contributed by atoms with van der Waals surface area (Å²) < 4.78 is 5.58. The van der Waals surface area contributed by atoms with Gasteiger partial charge >= 0.3 is 5.97 Å². The number of rotatable bonds is 3. The summed E-state index contributed by atoms with van der Waals surface area (Å²) in [5.74, 6) is -3.48. The maximum atomic E-state index is 14.5. The minimum absolute atomic E-state index is 0.283. The Morgan fingerprint density at radius 2 is 1.74 bits per heavy atom. The Morgan fingerprint density at radius 3 is 2.40 bits per heavy atom. The predicted octanol–water partition coefficient (Wildman–Crippen LogP) is 4.21. The van der Waals surface area contributed by atoms with E-state index in [4.69, 9.17) is 16.3 Å². The molecule has 1 N–H and O–H groups in total. The summed E-state index contributed by atoms with van der Waals surface area (Å²) in [7, 11) is 0. The number of hydrogen-bond donors (Lipinski definition) is 1. The van der Waals surface area contributed by atoms with Gasteiger partial charge < -0.3 is 10.1 Å². The minimum atomic E-state index is -1.61. The number of aromatic nitrogens is 1. The van der Waals surface area contributed by atoms with Crippen molar-refractivity contribution in [1.82, 2.24) is 10.3 Å². The summed E-state index contributed by atoms with van der Waals surface area (Å²) in [6.45, 7) is 5.60. The number of pyridine rings is 1. The zero-order valence-electron chi connectivity index (χ0n) is 19.5. The molecule has 2 aromatic carbocycles. The van der Waals surface area contributed by atoms with Gasteiger partial charge in [0.2, 0.25) is 5.91 Å². The van der Waals surface area contributed by atoms with Crippen LogP contribution in [0.15, 0.2) is 73.1 Å². The molecule has 0 bridgehead atoms. The van der Waals surface area contributed by atoms with Crippen LogP contribution < -0.4 is 15.0 Å². The lowest BCUT2D eigenvalue weighted by atomic mass is 9.69. The van der Waals surface area contributed by atoms with Gasteiger partial charge in [-0.1, -0.05) is 29.8 Å². The molecule has 0 spiro atoms. The molecule has 3 aromatic rings. The fourth-order valence-electron chi connectivity index (χ4n) is 5.14. The normalized spacial score (nSPS) is 23.4. The van der Waals surface area contributed by atoms with E-state index in [1.54, 1.807) is 67.0 Å². The highest BCUT2D eigenvalue weighted by molar-refractivity contribution is 6.30. The monoisotopic (exact) mass is 489 g/mol. The van der Waals surface area contributed by atoms with Crippen molar-refractivity contribution >= 4 is 35.1 Å². The van der Waals surface area contributed by atoms with Crippen molar-refractivity contribution in [3.8, 4) is 5.75 Å². The lowest BCUT2D eigenvalue weighted by Crippen LogP contribution is -2.60. The van der Waals surface area contributed by atoms with Crippen molar-refractivity contribution in [2.45, 2.75) is 37.8 Å². The second-order valence-corrected chi connectivity index (χ2v) is 10.2. The van der Waals surface area contributed by atoms with Gasteiger partial charge in [-0.2, -0.15) is 0 Å². The lowest BCUT2D eigenvalue weighted by Gasteiger charge is -2.43. The zero-order chi connectivity index (χ0) is 25.0. The van der Waals surface area contributed by atoms with Crippen LogP contribution in [0.5, 0.6) is 5.75 Å². The van der Waals surface area contributed by atoms with E-state index in [0.29, 0.717) is 21.8 Å². The molecule has 5 rings (SSSR count). The third kappa shape index (κ3) is 3.58. The zero-order valence-corrected chi connectivity index (χ0v) is 20.2. The minimum Gasteiger partial charge on any atom is -0.426 e. The number of para-hydroxylation sites is 1. The molecule has 0 radical (unpaired) electrons. The van der Waals surface area contributed by atoms with Crippen LogP contribution in [0.4, 0.5) is 5.69 Å². The first-order chi connectivity index (χ1) is 16.6. The first-order valence-electron chi connectivity index (χ1n) is 11.3. The molecule has 2 amide bonds. The largest absolute Gasteiger partial charge is 0.426 e. The molecule has 7 nitrogen and oxygen atoms in total. The van der Waals surface area contributed by atoms with Gasteiger partial charge in [-0.3, -0.25) is 24.3 Å². The Hall–Kier alpha value is -3.71. The average molecular weight is 490 g/mol. The third-order valence-corrected chi connectivity index (χ3v) is 6.60. The average Bonchev–Trinajstić information content (AvgIpc) is 3.10. The molecule has 2 aliphatic heterocycles. The number of ether oxygens (including phenoxy) is 1. The van der Waals surface area contributed by atoms with E-state index in [0.717, 1.165) is 0 Å². The van der Waals surface area contributed by atoms with E-state index in [9.17, 15) is 14.4 Å². The summed E-state index contributed by atoms with van der Waals surface area (Å²) in [6, 6.07) is 17.2. The number of anilines is 1. The fraction of sp³-hybridized carbons (Fsp3) is 0.259. The third-order valence-electron chi connectivity index (χ3n) is 6.36. The fourth-order valence-corrected chi connectivity index (χ4v) is 5.32. The summed E-state index contributed by atoms with van der Waals surface area (Å²) >= 11 is 6.37. The van der Waals surface area contributed by atoms with Gasteiger partial charge in [0.1, 0.15) is 11.7 Å². The number of amides is 2. The highest BCUT2D eigenvalue weighted by Crippen LogP contribution is 2.58. The van der Waals surface area contributed by atoms with Gasteiger partial charge in [-0.05, 0) is 68.8 Å². The highest BCUT2D eigenvalue weighted by Gasteiger charge is 2.69. The molecule has 35 heavy (non-hydrogen) atoms. The Labute approximate surface area is 208 Å². The first-order valence-corrected chi connectivity index (χ1v) is 11.7. The second-order valence-electron chi connectivity index (χ2n) is 9.77. The Bertz CT molecular complexity index is 1320. The predicted molar refractivity (Wildman–Crippen MR) is 131 cm³/mol. The van der Waals surface area contributed by atoms with Crippen LogP contribution in [0.3, 0.4) is 0 Å². The Balaban J connectivity index is 1.90. The molecule has 1 aromatic heterocycles. The van der Waals surface area contributed by atoms with Crippen LogP contribution in [-0.2, 0) is 19.9 Å².